The van der Waals surface area contributed by atoms with Crippen LogP contribution in [0.2, 0.25) is 0 Å². The largest absolute Gasteiger partial charge is 0.492 e. The Bertz CT molecular complexity index is 405. The zero-order chi connectivity index (χ0) is 11.6. The van der Waals surface area contributed by atoms with Gasteiger partial charge in [-0.2, -0.15) is 0 Å². The number of halogens is 1. The van der Waals surface area contributed by atoms with Crippen molar-refractivity contribution in [2.24, 2.45) is 5.41 Å². The Morgan fingerprint density at radius 2 is 2.25 bits per heavy atom. The van der Waals surface area contributed by atoms with Crippen molar-refractivity contribution in [3.63, 3.8) is 0 Å². The van der Waals surface area contributed by atoms with Gasteiger partial charge in [0.25, 0.3) is 0 Å². The highest BCUT2D eigenvalue weighted by Crippen LogP contribution is 2.37. The summed E-state index contributed by atoms with van der Waals surface area (Å²) in [7, 11) is 0. The van der Waals surface area contributed by atoms with E-state index in [2.05, 4.69) is 0 Å². The van der Waals surface area contributed by atoms with Gasteiger partial charge in [-0.05, 0) is 24.5 Å². The van der Waals surface area contributed by atoms with Crippen molar-refractivity contribution >= 4 is 5.97 Å². The number of benzene rings is 1. The van der Waals surface area contributed by atoms with Gasteiger partial charge in [0.15, 0.2) is 0 Å². The summed E-state index contributed by atoms with van der Waals surface area (Å²) in [6.45, 7) is -0.596. The molecule has 0 amide bonds. The molecule has 0 fully saturated rings. The lowest BCUT2D eigenvalue weighted by Gasteiger charge is -2.33. The number of ether oxygens (including phenoxy) is 1. The van der Waals surface area contributed by atoms with E-state index in [-0.39, 0.29) is 13.0 Å². The molecule has 0 saturated carbocycles. The maximum Gasteiger partial charge on any atom is 0.313 e. The first-order chi connectivity index (χ1) is 7.68. The molecule has 1 atom stereocenters. The average molecular weight is 224 g/mol. The number of para-hydroxylation sites is 1. The number of hydrogen-bond donors (Lipinski definition) is 1. The van der Waals surface area contributed by atoms with E-state index in [9.17, 15) is 14.3 Å². The fourth-order valence-corrected chi connectivity index (χ4v) is 2.01. The van der Waals surface area contributed by atoms with E-state index in [1.807, 2.05) is 18.2 Å². The molecule has 16 heavy (non-hydrogen) atoms. The Balaban J connectivity index is 2.31. The molecule has 4 heteroatoms. The standard InChI is InChI=1S/C12H13FO3/c13-6-5-12(11(14)15)7-9-3-1-2-4-10(9)16-8-12/h1-4H,5-8H2,(H,14,15). The predicted molar refractivity (Wildman–Crippen MR) is 56.3 cm³/mol. The van der Waals surface area contributed by atoms with Gasteiger partial charge in [0.1, 0.15) is 17.8 Å². The van der Waals surface area contributed by atoms with Crippen LogP contribution < -0.4 is 4.74 Å². The van der Waals surface area contributed by atoms with E-state index in [0.29, 0.717) is 12.2 Å². The van der Waals surface area contributed by atoms with Gasteiger partial charge in [-0.1, -0.05) is 18.2 Å². The number of carboxylic acids is 1. The Hall–Kier alpha value is -1.58. The van der Waals surface area contributed by atoms with Crippen LogP contribution in [0, 0.1) is 5.41 Å². The zero-order valence-electron chi connectivity index (χ0n) is 8.78. The third-order valence-electron chi connectivity index (χ3n) is 3.03. The van der Waals surface area contributed by atoms with Crippen molar-refractivity contribution in [2.75, 3.05) is 13.3 Å². The maximum absolute atomic E-state index is 12.4. The van der Waals surface area contributed by atoms with E-state index in [4.69, 9.17) is 4.74 Å². The molecule has 1 heterocycles. The minimum Gasteiger partial charge on any atom is -0.492 e. The molecule has 3 nitrogen and oxygen atoms in total. The van der Waals surface area contributed by atoms with Crippen LogP contribution in [0.3, 0.4) is 0 Å². The van der Waals surface area contributed by atoms with Crippen LogP contribution in [0.1, 0.15) is 12.0 Å². The van der Waals surface area contributed by atoms with Gasteiger partial charge < -0.3 is 9.84 Å². The third kappa shape index (κ3) is 1.75. The first kappa shape index (κ1) is 10.9. The van der Waals surface area contributed by atoms with Crippen molar-refractivity contribution in [3.05, 3.63) is 29.8 Å². The number of carboxylic acid groups (broad SMARTS) is 1. The first-order valence-corrected chi connectivity index (χ1v) is 5.18. The van der Waals surface area contributed by atoms with Crippen molar-refractivity contribution in [3.8, 4) is 5.75 Å². The average Bonchev–Trinajstić information content (AvgIpc) is 2.29. The molecular weight excluding hydrogens is 211 g/mol. The Kier molecular flexibility index (Phi) is 2.81. The molecule has 1 N–H and O–H groups in total. The number of fused-ring (bicyclic) bond motifs is 1. The van der Waals surface area contributed by atoms with Crippen LogP contribution in [0.25, 0.3) is 0 Å². The second kappa shape index (κ2) is 4.12. The van der Waals surface area contributed by atoms with Crippen LogP contribution in [-0.4, -0.2) is 24.4 Å². The van der Waals surface area contributed by atoms with Gasteiger partial charge >= 0.3 is 5.97 Å². The number of hydrogen-bond acceptors (Lipinski definition) is 2. The van der Waals surface area contributed by atoms with E-state index in [0.717, 1.165) is 5.56 Å². The van der Waals surface area contributed by atoms with Crippen molar-refractivity contribution in [2.45, 2.75) is 12.8 Å². The molecule has 1 aliphatic heterocycles. The van der Waals surface area contributed by atoms with E-state index >= 15 is 0 Å². The Labute approximate surface area is 92.9 Å². The van der Waals surface area contributed by atoms with Gasteiger partial charge in [0.2, 0.25) is 0 Å². The molecule has 0 spiro atoms. The van der Waals surface area contributed by atoms with Crippen molar-refractivity contribution in [1.29, 1.82) is 0 Å². The lowest BCUT2D eigenvalue weighted by Crippen LogP contribution is -2.42. The predicted octanol–water partition coefficient (Wildman–Crippen LogP) is 2.05. The quantitative estimate of drug-likeness (QED) is 0.854. The van der Waals surface area contributed by atoms with E-state index < -0.39 is 18.1 Å². The molecule has 0 aliphatic carbocycles. The molecule has 0 aromatic heterocycles. The highest BCUT2D eigenvalue weighted by Gasteiger charge is 2.42. The molecule has 86 valence electrons. The summed E-state index contributed by atoms with van der Waals surface area (Å²) in [5, 5.41) is 9.20. The van der Waals surface area contributed by atoms with Gasteiger partial charge in [-0.15, -0.1) is 0 Å². The Morgan fingerprint density at radius 1 is 1.50 bits per heavy atom. The summed E-state index contributed by atoms with van der Waals surface area (Å²) >= 11 is 0. The van der Waals surface area contributed by atoms with Crippen LogP contribution in [-0.2, 0) is 11.2 Å². The highest BCUT2D eigenvalue weighted by molar-refractivity contribution is 5.76. The topological polar surface area (TPSA) is 46.5 Å². The Morgan fingerprint density at radius 3 is 2.94 bits per heavy atom. The second-order valence-electron chi connectivity index (χ2n) is 4.10. The van der Waals surface area contributed by atoms with Crippen molar-refractivity contribution < 1.29 is 19.0 Å². The SMILES string of the molecule is O=C(O)C1(CCF)COc2ccccc2C1. The van der Waals surface area contributed by atoms with Crippen molar-refractivity contribution in [1.82, 2.24) is 0 Å². The van der Waals surface area contributed by atoms with Gasteiger partial charge in [0.05, 0.1) is 6.67 Å². The lowest BCUT2D eigenvalue weighted by molar-refractivity contribution is -0.152. The van der Waals surface area contributed by atoms with Crippen LogP contribution in [0.4, 0.5) is 4.39 Å². The minimum atomic E-state index is -1.11. The van der Waals surface area contributed by atoms with E-state index in [1.165, 1.54) is 0 Å². The smallest absolute Gasteiger partial charge is 0.313 e. The third-order valence-corrected chi connectivity index (χ3v) is 3.03. The summed E-state index contributed by atoms with van der Waals surface area (Å²) in [6.07, 6.45) is 0.332. The van der Waals surface area contributed by atoms with E-state index in [1.54, 1.807) is 6.07 Å². The fraction of sp³-hybridized carbons (Fsp3) is 0.417. The van der Waals surface area contributed by atoms with Crippen LogP contribution in [0.15, 0.2) is 24.3 Å². The summed E-state index contributed by atoms with van der Waals surface area (Å²) in [5.41, 5.74) is -0.270. The second-order valence-corrected chi connectivity index (χ2v) is 4.10. The number of alkyl halides is 1. The maximum atomic E-state index is 12.4. The summed E-state index contributed by atoms with van der Waals surface area (Å²) in [6, 6.07) is 7.29. The van der Waals surface area contributed by atoms with Crippen LogP contribution >= 0.6 is 0 Å². The molecule has 2 rings (SSSR count). The molecule has 1 aliphatic rings. The summed E-state index contributed by atoms with van der Waals surface area (Å²) in [5.74, 6) is -0.280. The normalized spacial score (nSPS) is 23.3. The van der Waals surface area contributed by atoms with Gasteiger partial charge in [-0.3, -0.25) is 9.18 Å². The minimum absolute atomic E-state index is 0.00331. The molecule has 1 aromatic carbocycles. The fourth-order valence-electron chi connectivity index (χ4n) is 2.01. The molecule has 0 saturated heterocycles. The monoisotopic (exact) mass is 224 g/mol. The molecule has 0 bridgehead atoms. The lowest BCUT2D eigenvalue weighted by atomic mass is 9.78. The van der Waals surface area contributed by atoms with Gasteiger partial charge in [-0.25, -0.2) is 0 Å². The zero-order valence-corrected chi connectivity index (χ0v) is 8.78. The van der Waals surface area contributed by atoms with Crippen LogP contribution in [0.5, 0.6) is 5.75 Å². The molecule has 0 radical (unpaired) electrons. The molecular formula is C12H13FO3. The number of aliphatic carboxylic acids is 1. The number of carbonyl (C=O) groups is 1. The summed E-state index contributed by atoms with van der Waals surface area (Å²) < 4.78 is 17.8. The summed E-state index contributed by atoms with van der Waals surface area (Å²) in [4.78, 5) is 11.2. The van der Waals surface area contributed by atoms with Gasteiger partial charge in [0, 0.05) is 0 Å². The first-order valence-electron chi connectivity index (χ1n) is 5.18. The number of rotatable bonds is 3. The molecule has 1 unspecified atom stereocenters. The molecule has 1 aromatic rings. The highest BCUT2D eigenvalue weighted by atomic mass is 19.1.